The van der Waals surface area contributed by atoms with Gasteiger partial charge in [0.05, 0.1) is 16.7 Å². The highest BCUT2D eigenvalue weighted by Gasteiger charge is 2.73. The third kappa shape index (κ3) is 2.75. The lowest BCUT2D eigenvalue weighted by Gasteiger charge is -2.48. The Morgan fingerprint density at radius 1 is 1.15 bits per heavy atom. The first kappa shape index (κ1) is 19.1. The minimum Gasteiger partial charge on any atom is -0.363 e. The summed E-state index contributed by atoms with van der Waals surface area (Å²) in [6.07, 6.45) is 3.00. The number of hydrogen-bond acceptors (Lipinski definition) is 5. The molecule has 0 radical (unpaired) electrons. The number of benzene rings is 2. The van der Waals surface area contributed by atoms with Crippen molar-refractivity contribution < 1.29 is 4.39 Å². The largest absolute Gasteiger partial charge is 0.363 e. The second-order valence-electron chi connectivity index (χ2n) is 9.54. The Hall–Kier alpha value is -3.45. The molecule has 1 aliphatic carbocycles. The molecule has 0 bridgehead atoms. The predicted octanol–water partition coefficient (Wildman–Crippen LogP) is 4.28. The van der Waals surface area contributed by atoms with Crippen molar-refractivity contribution in [3.05, 3.63) is 78.2 Å². The maximum absolute atomic E-state index is 14.3. The molecule has 166 valence electrons. The van der Waals surface area contributed by atoms with E-state index >= 15 is 0 Å². The Kier molecular flexibility index (Phi) is 3.91. The van der Waals surface area contributed by atoms with Gasteiger partial charge in [-0.2, -0.15) is 0 Å². The van der Waals surface area contributed by atoms with Crippen LogP contribution in [0.2, 0.25) is 0 Å². The third-order valence-corrected chi connectivity index (χ3v) is 7.73. The van der Waals surface area contributed by atoms with E-state index in [4.69, 9.17) is 5.10 Å². The number of aromatic nitrogens is 3. The highest BCUT2D eigenvalue weighted by molar-refractivity contribution is 5.93. The number of hydrogen-bond donors (Lipinski definition) is 2. The van der Waals surface area contributed by atoms with E-state index < -0.39 is 0 Å². The fraction of sp³-hybridized carbons (Fsp3) is 0.308. The first-order valence-corrected chi connectivity index (χ1v) is 11.6. The molecule has 7 rings (SSSR count). The highest BCUT2D eigenvalue weighted by Crippen LogP contribution is 2.61. The zero-order valence-electron chi connectivity index (χ0n) is 18.4. The predicted molar refractivity (Wildman–Crippen MR) is 127 cm³/mol. The second kappa shape index (κ2) is 6.78. The number of halogens is 1. The fourth-order valence-corrected chi connectivity index (χ4v) is 5.88. The van der Waals surface area contributed by atoms with Gasteiger partial charge in [0.2, 0.25) is 0 Å². The van der Waals surface area contributed by atoms with Crippen molar-refractivity contribution in [2.24, 2.45) is 5.92 Å². The number of pyridine rings is 1. The van der Waals surface area contributed by atoms with Crippen LogP contribution in [0, 0.1) is 11.7 Å². The zero-order chi connectivity index (χ0) is 22.2. The molecule has 7 heteroatoms. The molecular weight excluding hydrogens is 415 g/mol. The summed E-state index contributed by atoms with van der Waals surface area (Å²) in [5.74, 6) is 2.16. The summed E-state index contributed by atoms with van der Waals surface area (Å²) in [4.78, 5) is 6.95. The summed E-state index contributed by atoms with van der Waals surface area (Å²) in [7, 11) is 0. The van der Waals surface area contributed by atoms with E-state index in [0.29, 0.717) is 12.0 Å². The zero-order valence-corrected chi connectivity index (χ0v) is 18.4. The molecule has 3 aliphatic rings. The van der Waals surface area contributed by atoms with E-state index in [1.165, 1.54) is 18.1 Å². The Bertz CT molecular complexity index is 1370. The SMILES string of the molecule is C[C@H](Nc1cc(-n2nc(N3CC4NCC5CC543)c3ccc(F)cc32)ccn1)c1ccccc1. The maximum atomic E-state index is 14.3. The smallest absolute Gasteiger partial charge is 0.159 e. The van der Waals surface area contributed by atoms with Gasteiger partial charge in [0.15, 0.2) is 5.82 Å². The van der Waals surface area contributed by atoms with Crippen molar-refractivity contribution in [3.8, 4) is 5.69 Å². The van der Waals surface area contributed by atoms with E-state index in [-0.39, 0.29) is 17.4 Å². The van der Waals surface area contributed by atoms with Crippen molar-refractivity contribution in [2.45, 2.75) is 31.0 Å². The van der Waals surface area contributed by atoms with Crippen LogP contribution < -0.4 is 15.5 Å². The standard InChI is InChI=1S/C26H25FN6/c1-16(17-5-3-2-4-6-17)30-24-12-20(9-10-28-24)33-22-11-19(27)7-8-21(22)25(31-33)32-15-23-26(32)13-18(26)14-29-23/h2-12,16,18,23,29H,13-15H2,1H3,(H,28,30)/t16-,18?,23?,26?/m0/s1. The lowest BCUT2D eigenvalue weighted by Crippen LogP contribution is -2.66. The maximum Gasteiger partial charge on any atom is 0.159 e. The molecule has 4 aromatic rings. The molecule has 6 nitrogen and oxygen atoms in total. The summed E-state index contributed by atoms with van der Waals surface area (Å²) in [6.45, 7) is 4.16. The molecule has 3 fully saturated rings. The Labute approximate surface area is 191 Å². The van der Waals surface area contributed by atoms with Crippen molar-refractivity contribution in [3.63, 3.8) is 0 Å². The van der Waals surface area contributed by atoms with Gasteiger partial charge in [-0.1, -0.05) is 30.3 Å². The molecule has 4 heterocycles. The van der Waals surface area contributed by atoms with Gasteiger partial charge in [0.1, 0.15) is 11.6 Å². The molecule has 2 aromatic heterocycles. The monoisotopic (exact) mass is 440 g/mol. The number of nitrogens with one attached hydrogen (secondary N) is 2. The molecule has 0 amide bonds. The van der Waals surface area contributed by atoms with Crippen LogP contribution in [0.1, 0.15) is 24.9 Å². The van der Waals surface area contributed by atoms with Crippen LogP contribution in [-0.4, -0.2) is 39.4 Å². The second-order valence-corrected chi connectivity index (χ2v) is 9.54. The van der Waals surface area contributed by atoms with Crippen LogP contribution in [0.3, 0.4) is 0 Å². The number of rotatable bonds is 5. The van der Waals surface area contributed by atoms with Crippen LogP contribution in [0.5, 0.6) is 0 Å². The van der Waals surface area contributed by atoms with Crippen molar-refractivity contribution in [2.75, 3.05) is 23.3 Å². The van der Waals surface area contributed by atoms with Gasteiger partial charge in [-0.15, -0.1) is 5.10 Å². The lowest BCUT2D eigenvalue weighted by molar-refractivity contribution is 0.340. The number of fused-ring (bicyclic) bond motifs is 1. The average molecular weight is 441 g/mol. The first-order valence-electron chi connectivity index (χ1n) is 11.6. The molecule has 2 N–H and O–H groups in total. The molecule has 1 saturated carbocycles. The average Bonchev–Trinajstić information content (AvgIpc) is 3.41. The Balaban J connectivity index is 1.27. The van der Waals surface area contributed by atoms with Crippen LogP contribution in [0.25, 0.3) is 16.6 Å². The van der Waals surface area contributed by atoms with Crippen molar-refractivity contribution in [1.29, 1.82) is 0 Å². The van der Waals surface area contributed by atoms with Crippen molar-refractivity contribution in [1.82, 2.24) is 20.1 Å². The molecule has 2 aliphatic heterocycles. The summed E-state index contributed by atoms with van der Waals surface area (Å²) < 4.78 is 16.1. The van der Waals surface area contributed by atoms with Gasteiger partial charge in [-0.3, -0.25) is 0 Å². The van der Waals surface area contributed by atoms with E-state index in [1.807, 2.05) is 41.1 Å². The molecule has 33 heavy (non-hydrogen) atoms. The van der Waals surface area contributed by atoms with Gasteiger partial charge in [-0.25, -0.2) is 14.1 Å². The molecule has 2 aromatic carbocycles. The molecule has 3 unspecified atom stereocenters. The van der Waals surface area contributed by atoms with Gasteiger partial charge in [0.25, 0.3) is 0 Å². The minimum atomic E-state index is -0.258. The van der Waals surface area contributed by atoms with Gasteiger partial charge >= 0.3 is 0 Å². The normalized spacial score (nSPS) is 25.9. The van der Waals surface area contributed by atoms with Crippen LogP contribution in [0.4, 0.5) is 16.0 Å². The van der Waals surface area contributed by atoms with Crippen molar-refractivity contribution >= 4 is 22.5 Å². The molecule has 2 saturated heterocycles. The van der Waals surface area contributed by atoms with Crippen LogP contribution in [0.15, 0.2) is 66.9 Å². The van der Waals surface area contributed by atoms with Crippen LogP contribution >= 0.6 is 0 Å². The first-order chi connectivity index (χ1) is 16.1. The van der Waals surface area contributed by atoms with Gasteiger partial charge in [0, 0.05) is 48.9 Å². The van der Waals surface area contributed by atoms with E-state index in [9.17, 15) is 4.39 Å². The molecular formula is C26H25FN6. The Morgan fingerprint density at radius 2 is 2.03 bits per heavy atom. The number of anilines is 2. The quantitative estimate of drug-likeness (QED) is 0.485. The lowest BCUT2D eigenvalue weighted by atomic mass is 9.93. The minimum absolute atomic E-state index is 0.107. The fourth-order valence-electron chi connectivity index (χ4n) is 5.88. The van der Waals surface area contributed by atoms with Gasteiger partial charge in [-0.05, 0) is 43.0 Å². The summed E-state index contributed by atoms with van der Waals surface area (Å²) in [5.41, 5.74) is 3.05. The number of nitrogens with zero attached hydrogens (tertiary/aromatic N) is 4. The summed E-state index contributed by atoms with van der Waals surface area (Å²) in [5, 5.41) is 13.1. The molecule has 4 atom stereocenters. The van der Waals surface area contributed by atoms with Gasteiger partial charge < -0.3 is 15.5 Å². The third-order valence-electron chi connectivity index (χ3n) is 7.73. The summed E-state index contributed by atoms with van der Waals surface area (Å²) >= 11 is 0. The highest BCUT2D eigenvalue weighted by atomic mass is 19.1. The van der Waals surface area contributed by atoms with E-state index in [1.54, 1.807) is 12.3 Å². The number of piperidine rings is 1. The Morgan fingerprint density at radius 3 is 2.85 bits per heavy atom. The topological polar surface area (TPSA) is 58.0 Å². The van der Waals surface area contributed by atoms with Crippen LogP contribution in [-0.2, 0) is 0 Å². The summed E-state index contributed by atoms with van der Waals surface area (Å²) in [6, 6.07) is 19.8. The van der Waals surface area contributed by atoms with E-state index in [2.05, 4.69) is 39.6 Å². The molecule has 1 spiro atoms. The van der Waals surface area contributed by atoms with E-state index in [0.717, 1.165) is 41.3 Å².